The van der Waals surface area contributed by atoms with Crippen LogP contribution in [0.4, 0.5) is 5.69 Å². The summed E-state index contributed by atoms with van der Waals surface area (Å²) in [5.74, 6) is 0. The fraction of sp³-hybridized carbons (Fsp3) is 0.385. The first kappa shape index (κ1) is 15.4. The van der Waals surface area contributed by atoms with E-state index in [1.54, 1.807) is 6.20 Å². The quantitative estimate of drug-likeness (QED) is 0.693. The molecule has 0 saturated carbocycles. The Hall–Kier alpha value is -1.99. The molecule has 8 heteroatoms. The van der Waals surface area contributed by atoms with Gasteiger partial charge in [0.25, 0.3) is 5.69 Å². The lowest BCUT2D eigenvalue weighted by molar-refractivity contribution is -0.384. The van der Waals surface area contributed by atoms with Gasteiger partial charge in [-0.2, -0.15) is 0 Å². The van der Waals surface area contributed by atoms with Crippen LogP contribution < -0.4 is 5.32 Å². The molecule has 1 N–H and O–H groups in total. The zero-order valence-corrected chi connectivity index (χ0v) is 12.8. The Morgan fingerprint density at radius 1 is 1.43 bits per heavy atom. The monoisotopic (exact) mass is 309 g/mol. The molecule has 0 fully saturated rings. The van der Waals surface area contributed by atoms with E-state index in [-0.39, 0.29) is 11.2 Å². The molecule has 2 aromatic rings. The Morgan fingerprint density at radius 3 is 2.76 bits per heavy atom. The molecule has 0 saturated heterocycles. The minimum absolute atomic E-state index is 0.0498. The smallest absolute Gasteiger partial charge is 0.295 e. The van der Waals surface area contributed by atoms with Crippen molar-refractivity contribution in [3.63, 3.8) is 0 Å². The summed E-state index contributed by atoms with van der Waals surface area (Å²) in [4.78, 5) is 10.6. The summed E-state index contributed by atoms with van der Waals surface area (Å²) in [6.07, 6.45) is 1.65. The van der Waals surface area contributed by atoms with E-state index in [2.05, 4.69) is 15.6 Å². The highest BCUT2D eigenvalue weighted by molar-refractivity contribution is 6.30. The normalized spacial score (nSPS) is 11.6. The van der Waals surface area contributed by atoms with Crippen molar-refractivity contribution in [1.29, 1.82) is 0 Å². The fourth-order valence-electron chi connectivity index (χ4n) is 1.69. The molecular formula is C13H16ClN5O2. The molecule has 1 aromatic carbocycles. The van der Waals surface area contributed by atoms with Crippen molar-refractivity contribution in [2.24, 2.45) is 0 Å². The van der Waals surface area contributed by atoms with Gasteiger partial charge in [0.15, 0.2) is 0 Å². The fourth-order valence-corrected chi connectivity index (χ4v) is 1.85. The molecule has 112 valence electrons. The van der Waals surface area contributed by atoms with Crippen LogP contribution in [0.15, 0.2) is 24.4 Å². The summed E-state index contributed by atoms with van der Waals surface area (Å²) < 4.78 is 1.36. The van der Waals surface area contributed by atoms with Crippen LogP contribution in [-0.4, -0.2) is 25.5 Å². The lowest BCUT2D eigenvalue weighted by Crippen LogP contribution is -2.35. The van der Waals surface area contributed by atoms with Crippen LogP contribution in [-0.2, 0) is 6.54 Å². The second-order valence-electron chi connectivity index (χ2n) is 5.65. The SMILES string of the molecule is CC(C)(C)NCc1cn(-c2cc(Cl)ccc2[N+](=O)[O-])nn1. The molecule has 0 radical (unpaired) electrons. The van der Waals surface area contributed by atoms with Crippen LogP contribution in [0, 0.1) is 10.1 Å². The number of benzene rings is 1. The number of rotatable bonds is 4. The van der Waals surface area contributed by atoms with E-state index in [1.165, 1.54) is 22.9 Å². The van der Waals surface area contributed by atoms with E-state index in [9.17, 15) is 10.1 Å². The van der Waals surface area contributed by atoms with E-state index >= 15 is 0 Å². The molecule has 0 aliphatic rings. The van der Waals surface area contributed by atoms with Gasteiger partial charge in [-0.25, -0.2) is 4.68 Å². The van der Waals surface area contributed by atoms with Gasteiger partial charge in [-0.15, -0.1) is 5.10 Å². The van der Waals surface area contributed by atoms with Crippen LogP contribution >= 0.6 is 11.6 Å². The van der Waals surface area contributed by atoms with Gasteiger partial charge in [0, 0.05) is 23.2 Å². The molecule has 1 heterocycles. The first-order chi connectivity index (χ1) is 9.76. The second-order valence-corrected chi connectivity index (χ2v) is 6.08. The first-order valence-electron chi connectivity index (χ1n) is 6.37. The van der Waals surface area contributed by atoms with Crippen molar-refractivity contribution in [3.05, 3.63) is 45.2 Å². The van der Waals surface area contributed by atoms with Gasteiger partial charge in [-0.1, -0.05) is 16.8 Å². The van der Waals surface area contributed by atoms with Crippen molar-refractivity contribution < 1.29 is 4.92 Å². The molecule has 0 aliphatic carbocycles. The lowest BCUT2D eigenvalue weighted by Gasteiger charge is -2.19. The van der Waals surface area contributed by atoms with Gasteiger partial charge >= 0.3 is 0 Å². The van der Waals surface area contributed by atoms with Gasteiger partial charge in [-0.05, 0) is 32.9 Å². The van der Waals surface area contributed by atoms with Crippen LogP contribution in [0.2, 0.25) is 5.02 Å². The zero-order chi connectivity index (χ0) is 15.6. The number of nitrogens with zero attached hydrogens (tertiary/aromatic N) is 4. The van der Waals surface area contributed by atoms with Crippen LogP contribution in [0.5, 0.6) is 0 Å². The standard InChI is InChI=1S/C13H16ClN5O2/c1-13(2,3)15-7-10-8-18(17-16-10)12-6-9(14)4-5-11(12)19(20)21/h4-6,8,15H,7H2,1-3H3. The number of aromatic nitrogens is 3. The van der Waals surface area contributed by atoms with Crippen molar-refractivity contribution in [2.75, 3.05) is 0 Å². The Kier molecular flexibility index (Phi) is 4.24. The van der Waals surface area contributed by atoms with Crippen molar-refractivity contribution >= 4 is 17.3 Å². The van der Waals surface area contributed by atoms with Crippen LogP contribution in [0.25, 0.3) is 5.69 Å². The summed E-state index contributed by atoms with van der Waals surface area (Å²) in [7, 11) is 0. The number of nitro benzene ring substituents is 1. The summed E-state index contributed by atoms with van der Waals surface area (Å²) >= 11 is 5.90. The maximum absolute atomic E-state index is 11.1. The third kappa shape index (κ3) is 3.99. The van der Waals surface area contributed by atoms with Crippen molar-refractivity contribution in [2.45, 2.75) is 32.9 Å². The summed E-state index contributed by atoms with van der Waals surface area (Å²) in [5, 5.41) is 22.7. The van der Waals surface area contributed by atoms with Gasteiger partial charge in [0.1, 0.15) is 5.69 Å². The molecular weight excluding hydrogens is 294 g/mol. The summed E-state index contributed by atoms with van der Waals surface area (Å²) in [6.45, 7) is 6.65. The Labute approximate surface area is 127 Å². The van der Waals surface area contributed by atoms with Gasteiger partial charge in [0.05, 0.1) is 16.8 Å². The van der Waals surface area contributed by atoms with Crippen molar-refractivity contribution in [1.82, 2.24) is 20.3 Å². The van der Waals surface area contributed by atoms with E-state index in [0.717, 1.165) is 0 Å². The second kappa shape index (κ2) is 5.79. The Bertz CT molecular complexity index is 663. The van der Waals surface area contributed by atoms with Gasteiger partial charge < -0.3 is 5.32 Å². The number of nitrogens with one attached hydrogen (secondary N) is 1. The number of hydrogen-bond acceptors (Lipinski definition) is 5. The highest BCUT2D eigenvalue weighted by atomic mass is 35.5. The number of nitro groups is 1. The molecule has 2 rings (SSSR count). The third-order valence-electron chi connectivity index (χ3n) is 2.72. The lowest BCUT2D eigenvalue weighted by atomic mass is 10.1. The Morgan fingerprint density at radius 2 is 2.14 bits per heavy atom. The average Bonchev–Trinajstić information content (AvgIpc) is 2.83. The largest absolute Gasteiger partial charge is 0.306 e. The predicted octanol–water partition coefficient (Wildman–Crippen LogP) is 2.72. The number of halogens is 1. The van der Waals surface area contributed by atoms with Gasteiger partial charge in [-0.3, -0.25) is 10.1 Å². The van der Waals surface area contributed by atoms with E-state index in [4.69, 9.17) is 11.6 Å². The molecule has 0 bridgehead atoms. The maximum atomic E-state index is 11.1. The molecule has 21 heavy (non-hydrogen) atoms. The summed E-state index contributed by atoms with van der Waals surface area (Å²) in [6, 6.07) is 4.32. The van der Waals surface area contributed by atoms with Crippen LogP contribution in [0.1, 0.15) is 26.5 Å². The van der Waals surface area contributed by atoms with E-state index in [1.807, 2.05) is 20.8 Å². The van der Waals surface area contributed by atoms with Crippen molar-refractivity contribution in [3.8, 4) is 5.69 Å². The molecule has 0 atom stereocenters. The minimum Gasteiger partial charge on any atom is -0.306 e. The third-order valence-corrected chi connectivity index (χ3v) is 2.96. The van der Waals surface area contributed by atoms with E-state index < -0.39 is 4.92 Å². The number of hydrogen-bond donors (Lipinski definition) is 1. The summed E-state index contributed by atoms with van der Waals surface area (Å²) in [5.41, 5.74) is 0.868. The first-order valence-corrected chi connectivity index (χ1v) is 6.74. The highest BCUT2D eigenvalue weighted by Crippen LogP contribution is 2.25. The molecule has 0 unspecified atom stereocenters. The molecule has 0 amide bonds. The van der Waals surface area contributed by atoms with E-state index in [0.29, 0.717) is 22.9 Å². The average molecular weight is 310 g/mol. The maximum Gasteiger partial charge on any atom is 0.295 e. The minimum atomic E-state index is -0.472. The topological polar surface area (TPSA) is 85.9 Å². The molecule has 0 spiro atoms. The molecule has 0 aliphatic heterocycles. The zero-order valence-electron chi connectivity index (χ0n) is 12.0. The molecule has 1 aromatic heterocycles. The van der Waals surface area contributed by atoms with Gasteiger partial charge in [0.2, 0.25) is 0 Å². The Balaban J connectivity index is 2.29. The highest BCUT2D eigenvalue weighted by Gasteiger charge is 2.17. The molecule has 7 nitrogen and oxygen atoms in total. The predicted molar refractivity (Wildman–Crippen MR) is 79.6 cm³/mol. The van der Waals surface area contributed by atoms with Crippen LogP contribution in [0.3, 0.4) is 0 Å².